The number of hydrogen-bond acceptors (Lipinski definition) is 8. The van der Waals surface area contributed by atoms with Crippen LogP contribution in [0.2, 0.25) is 0 Å². The Hall–Kier alpha value is -4.44. The fourth-order valence-electron chi connectivity index (χ4n) is 5.52. The molecule has 0 bridgehead atoms. The standard InChI is InChI=1S/C29H31N5O5/c1-17-24(27(35)36)26(25(28(37)38)18(2)30-17)21-9-6-10-22(15-21)31-29-33-32-23(39-29)16-34-13-11-20(12-14-34)19-7-4-3-5-8-19/h3-10,15,20,26,30H,11-14,16H2,1-2H3,(H,31,33)(H,35,36)(H,37,38). The van der Waals surface area contributed by atoms with Crippen LogP contribution in [0, 0.1) is 0 Å². The first-order valence-electron chi connectivity index (χ1n) is 12.9. The number of carbonyl (C=O) groups is 2. The van der Waals surface area contributed by atoms with Gasteiger partial charge in [0.05, 0.1) is 23.6 Å². The van der Waals surface area contributed by atoms with Crippen LogP contribution in [-0.4, -0.2) is 50.3 Å². The Morgan fingerprint density at radius 2 is 1.59 bits per heavy atom. The van der Waals surface area contributed by atoms with E-state index < -0.39 is 17.9 Å². The first-order chi connectivity index (χ1) is 18.8. The van der Waals surface area contributed by atoms with Gasteiger partial charge < -0.3 is 25.3 Å². The van der Waals surface area contributed by atoms with Crippen molar-refractivity contribution in [2.24, 2.45) is 0 Å². The Kier molecular flexibility index (Phi) is 7.47. The van der Waals surface area contributed by atoms with Gasteiger partial charge in [-0.3, -0.25) is 4.90 Å². The van der Waals surface area contributed by atoms with E-state index >= 15 is 0 Å². The van der Waals surface area contributed by atoms with E-state index in [1.807, 2.05) is 6.07 Å². The molecule has 2 aromatic carbocycles. The average Bonchev–Trinajstić information content (AvgIpc) is 3.35. The van der Waals surface area contributed by atoms with E-state index in [1.54, 1.807) is 38.1 Å². The maximum absolute atomic E-state index is 12.1. The van der Waals surface area contributed by atoms with E-state index in [2.05, 4.69) is 50.0 Å². The number of nitrogens with one attached hydrogen (secondary N) is 2. The predicted molar refractivity (Wildman–Crippen MR) is 144 cm³/mol. The monoisotopic (exact) mass is 529 g/mol. The van der Waals surface area contributed by atoms with E-state index in [-0.39, 0.29) is 17.2 Å². The summed E-state index contributed by atoms with van der Waals surface area (Å²) >= 11 is 0. The Morgan fingerprint density at radius 1 is 0.949 bits per heavy atom. The molecule has 0 spiro atoms. The maximum atomic E-state index is 12.1. The highest BCUT2D eigenvalue weighted by Crippen LogP contribution is 2.39. The van der Waals surface area contributed by atoms with Crippen molar-refractivity contribution in [3.63, 3.8) is 0 Å². The van der Waals surface area contributed by atoms with Gasteiger partial charge in [-0.15, -0.1) is 5.10 Å². The molecular formula is C29H31N5O5. The summed E-state index contributed by atoms with van der Waals surface area (Å²) in [6, 6.07) is 17.7. The fourth-order valence-corrected chi connectivity index (χ4v) is 5.52. The molecule has 0 amide bonds. The van der Waals surface area contributed by atoms with E-state index in [4.69, 9.17) is 4.42 Å². The normalized spacial score (nSPS) is 17.3. The number of hydrogen-bond donors (Lipinski definition) is 4. The van der Waals surface area contributed by atoms with E-state index in [1.165, 1.54) is 5.56 Å². The summed E-state index contributed by atoms with van der Waals surface area (Å²) in [6.45, 7) is 5.71. The topological polar surface area (TPSA) is 141 Å². The van der Waals surface area contributed by atoms with Gasteiger partial charge in [-0.05, 0) is 69.0 Å². The fraction of sp³-hybridized carbons (Fsp3) is 0.310. The van der Waals surface area contributed by atoms with Crippen molar-refractivity contribution in [2.45, 2.75) is 45.1 Å². The summed E-state index contributed by atoms with van der Waals surface area (Å²) in [4.78, 5) is 26.5. The Balaban J connectivity index is 1.27. The van der Waals surface area contributed by atoms with E-state index in [9.17, 15) is 19.8 Å². The minimum Gasteiger partial charge on any atom is -0.478 e. The van der Waals surface area contributed by atoms with Crippen LogP contribution in [0.1, 0.15) is 55.5 Å². The molecule has 3 heterocycles. The molecule has 2 aliphatic rings. The molecular weight excluding hydrogens is 498 g/mol. The first kappa shape index (κ1) is 26.2. The van der Waals surface area contributed by atoms with E-state index in [0.717, 1.165) is 25.9 Å². The molecule has 4 N–H and O–H groups in total. The van der Waals surface area contributed by atoms with Crippen LogP contribution >= 0.6 is 0 Å². The second-order valence-corrected chi connectivity index (χ2v) is 9.96. The van der Waals surface area contributed by atoms with Crippen LogP contribution in [-0.2, 0) is 16.1 Å². The van der Waals surface area contributed by atoms with Gasteiger partial charge in [0.25, 0.3) is 0 Å². The number of anilines is 2. The zero-order valence-corrected chi connectivity index (χ0v) is 21.8. The summed E-state index contributed by atoms with van der Waals surface area (Å²) in [7, 11) is 0. The summed E-state index contributed by atoms with van der Waals surface area (Å²) < 4.78 is 5.85. The highest BCUT2D eigenvalue weighted by Gasteiger charge is 2.36. The number of allylic oxidation sites excluding steroid dienone is 2. The molecule has 1 fully saturated rings. The zero-order chi connectivity index (χ0) is 27.5. The molecule has 0 atom stereocenters. The highest BCUT2D eigenvalue weighted by atomic mass is 16.4. The van der Waals surface area contributed by atoms with Crippen molar-refractivity contribution in [3.8, 4) is 0 Å². The van der Waals surface area contributed by atoms with Gasteiger partial charge in [0.15, 0.2) is 0 Å². The molecule has 0 unspecified atom stereocenters. The minimum atomic E-state index is -1.18. The lowest BCUT2D eigenvalue weighted by atomic mass is 9.80. The third kappa shape index (κ3) is 5.70. The van der Waals surface area contributed by atoms with Crippen LogP contribution in [0.15, 0.2) is 81.6 Å². The minimum absolute atomic E-state index is 0.00809. The van der Waals surface area contributed by atoms with Gasteiger partial charge in [-0.1, -0.05) is 47.6 Å². The molecule has 39 heavy (non-hydrogen) atoms. The zero-order valence-electron chi connectivity index (χ0n) is 21.8. The molecule has 10 nitrogen and oxygen atoms in total. The number of aromatic nitrogens is 2. The molecule has 10 heteroatoms. The van der Waals surface area contributed by atoms with Crippen LogP contribution in [0.5, 0.6) is 0 Å². The summed E-state index contributed by atoms with van der Waals surface area (Å²) in [5.41, 5.74) is 3.28. The third-order valence-electron chi connectivity index (χ3n) is 7.38. The second kappa shape index (κ2) is 11.1. The first-order valence-corrected chi connectivity index (χ1v) is 12.9. The molecule has 1 aromatic heterocycles. The number of carboxylic acids is 2. The number of carboxylic acid groups (broad SMARTS) is 2. The highest BCUT2D eigenvalue weighted by molar-refractivity contribution is 5.98. The molecule has 5 rings (SSSR count). The summed E-state index contributed by atoms with van der Waals surface area (Å²) in [5, 5.41) is 34.0. The van der Waals surface area contributed by atoms with Gasteiger partial charge in [0.2, 0.25) is 5.89 Å². The quantitative estimate of drug-likeness (QED) is 0.327. The molecule has 0 radical (unpaired) electrons. The van der Waals surface area contributed by atoms with Crippen molar-refractivity contribution < 1.29 is 24.2 Å². The smallest absolute Gasteiger partial charge is 0.334 e. The lowest BCUT2D eigenvalue weighted by Crippen LogP contribution is -2.32. The van der Waals surface area contributed by atoms with Gasteiger partial charge in [-0.25, -0.2) is 9.59 Å². The predicted octanol–water partition coefficient (Wildman–Crippen LogP) is 4.60. The van der Waals surface area contributed by atoms with Gasteiger partial charge in [0, 0.05) is 17.1 Å². The average molecular weight is 530 g/mol. The van der Waals surface area contributed by atoms with Gasteiger partial charge >= 0.3 is 18.0 Å². The number of benzene rings is 2. The number of nitrogens with zero attached hydrogens (tertiary/aromatic N) is 3. The lowest BCUT2D eigenvalue weighted by molar-refractivity contribution is -0.133. The molecule has 1 saturated heterocycles. The molecule has 2 aliphatic heterocycles. The summed E-state index contributed by atoms with van der Waals surface area (Å²) in [6.07, 6.45) is 2.15. The maximum Gasteiger partial charge on any atom is 0.334 e. The van der Waals surface area contributed by atoms with Crippen molar-refractivity contribution in [3.05, 3.63) is 94.2 Å². The number of likely N-dealkylation sites (tertiary alicyclic amines) is 1. The van der Waals surface area contributed by atoms with Crippen LogP contribution in [0.25, 0.3) is 0 Å². The Bertz CT molecular complexity index is 1400. The second-order valence-electron chi connectivity index (χ2n) is 9.96. The number of dihydropyridines is 1. The van der Waals surface area contributed by atoms with Crippen LogP contribution in [0.3, 0.4) is 0 Å². The number of rotatable bonds is 8. The van der Waals surface area contributed by atoms with Gasteiger partial charge in [0.1, 0.15) is 0 Å². The number of piperidine rings is 1. The van der Waals surface area contributed by atoms with Crippen molar-refractivity contribution >= 4 is 23.6 Å². The van der Waals surface area contributed by atoms with Gasteiger partial charge in [-0.2, -0.15) is 0 Å². The van der Waals surface area contributed by atoms with Crippen molar-refractivity contribution in [1.29, 1.82) is 0 Å². The van der Waals surface area contributed by atoms with E-state index in [0.29, 0.717) is 41.0 Å². The SMILES string of the molecule is CC1=C(C(=O)O)C(c2cccc(Nc3nnc(CN4CCC(c5ccccc5)CC4)o3)c2)C(C(=O)O)=C(C)N1. The molecule has 0 aliphatic carbocycles. The molecule has 3 aromatic rings. The van der Waals surface area contributed by atoms with Crippen molar-refractivity contribution in [1.82, 2.24) is 20.4 Å². The molecule has 0 saturated carbocycles. The van der Waals surface area contributed by atoms with Crippen LogP contribution in [0.4, 0.5) is 11.7 Å². The third-order valence-corrected chi connectivity index (χ3v) is 7.38. The summed E-state index contributed by atoms with van der Waals surface area (Å²) in [5.74, 6) is -2.23. The Labute approximate surface area is 226 Å². The van der Waals surface area contributed by atoms with Crippen molar-refractivity contribution in [2.75, 3.05) is 18.4 Å². The Morgan fingerprint density at radius 3 is 2.23 bits per heavy atom. The largest absolute Gasteiger partial charge is 0.478 e. The molecule has 202 valence electrons. The lowest BCUT2D eigenvalue weighted by Gasteiger charge is -2.31. The number of aliphatic carboxylic acids is 2. The van der Waals surface area contributed by atoms with Crippen LogP contribution < -0.4 is 10.6 Å².